The highest BCUT2D eigenvalue weighted by atomic mass is 15.1. The Balaban J connectivity index is 1.42. The van der Waals surface area contributed by atoms with Crippen molar-refractivity contribution in [2.75, 3.05) is 6.54 Å². The van der Waals surface area contributed by atoms with Gasteiger partial charge in [0.2, 0.25) is 0 Å². The van der Waals surface area contributed by atoms with Crippen LogP contribution >= 0.6 is 0 Å². The van der Waals surface area contributed by atoms with Gasteiger partial charge in [0.05, 0.1) is 6.33 Å². The summed E-state index contributed by atoms with van der Waals surface area (Å²) in [5, 5.41) is 3.70. The smallest absolute Gasteiger partial charge is 0.0946 e. The molecular weight excluding hydrogens is 210 g/mol. The molecule has 1 aromatic rings. The van der Waals surface area contributed by atoms with Crippen LogP contribution in [0.25, 0.3) is 0 Å². The Labute approximate surface area is 104 Å². The van der Waals surface area contributed by atoms with Crippen molar-refractivity contribution < 1.29 is 0 Å². The zero-order chi connectivity index (χ0) is 11.7. The van der Waals surface area contributed by atoms with Gasteiger partial charge in [-0.15, -0.1) is 0 Å². The molecule has 17 heavy (non-hydrogen) atoms. The fourth-order valence-electron chi connectivity index (χ4n) is 3.75. The first-order valence-electron chi connectivity index (χ1n) is 7.00. The Bertz CT molecular complexity index is 346. The van der Waals surface area contributed by atoms with Crippen molar-refractivity contribution in [2.24, 2.45) is 17.8 Å². The molecule has 1 heterocycles. The number of nitrogens with zero attached hydrogens (tertiary/aromatic N) is 2. The highest BCUT2D eigenvalue weighted by molar-refractivity contribution is 4.91. The molecule has 0 spiro atoms. The summed E-state index contributed by atoms with van der Waals surface area (Å²) in [6.07, 6.45) is 11.8. The molecule has 0 amide bonds. The number of imidazole rings is 1. The molecular formula is C14H23N3. The Kier molecular flexibility index (Phi) is 3.19. The van der Waals surface area contributed by atoms with E-state index >= 15 is 0 Å². The monoisotopic (exact) mass is 233 g/mol. The fourth-order valence-corrected chi connectivity index (χ4v) is 3.75. The zero-order valence-electron chi connectivity index (χ0n) is 10.7. The van der Waals surface area contributed by atoms with Crippen molar-refractivity contribution in [3.63, 3.8) is 0 Å². The van der Waals surface area contributed by atoms with Crippen LogP contribution in [0.15, 0.2) is 18.7 Å². The summed E-state index contributed by atoms with van der Waals surface area (Å²) >= 11 is 0. The van der Waals surface area contributed by atoms with Gasteiger partial charge in [-0.1, -0.05) is 6.42 Å². The molecule has 0 saturated heterocycles. The van der Waals surface area contributed by atoms with Gasteiger partial charge in [0, 0.05) is 25.0 Å². The predicted molar refractivity (Wildman–Crippen MR) is 68.6 cm³/mol. The lowest BCUT2D eigenvalue weighted by atomic mass is 9.89. The molecule has 4 unspecified atom stereocenters. The van der Waals surface area contributed by atoms with Crippen LogP contribution in [0.4, 0.5) is 0 Å². The van der Waals surface area contributed by atoms with Crippen molar-refractivity contribution in [3.05, 3.63) is 18.7 Å². The average molecular weight is 233 g/mol. The van der Waals surface area contributed by atoms with Gasteiger partial charge in [0.1, 0.15) is 0 Å². The van der Waals surface area contributed by atoms with Gasteiger partial charge in [-0.3, -0.25) is 0 Å². The number of aromatic nitrogens is 2. The number of nitrogens with one attached hydrogen (secondary N) is 1. The number of hydrogen-bond donors (Lipinski definition) is 1. The van der Waals surface area contributed by atoms with Crippen molar-refractivity contribution >= 4 is 0 Å². The van der Waals surface area contributed by atoms with Gasteiger partial charge in [0.25, 0.3) is 0 Å². The quantitative estimate of drug-likeness (QED) is 0.845. The maximum Gasteiger partial charge on any atom is 0.0946 e. The van der Waals surface area contributed by atoms with E-state index in [0.717, 1.165) is 24.3 Å². The third kappa shape index (κ3) is 2.54. The molecule has 4 atom stereocenters. The second kappa shape index (κ2) is 4.81. The van der Waals surface area contributed by atoms with E-state index in [1.54, 1.807) is 0 Å². The van der Waals surface area contributed by atoms with Gasteiger partial charge in [-0.05, 0) is 50.5 Å². The van der Waals surface area contributed by atoms with Crippen LogP contribution in [-0.4, -0.2) is 22.1 Å². The molecule has 2 fully saturated rings. The van der Waals surface area contributed by atoms with E-state index in [1.165, 1.54) is 32.2 Å². The van der Waals surface area contributed by atoms with Crippen LogP contribution in [0.3, 0.4) is 0 Å². The Morgan fingerprint density at radius 3 is 3.00 bits per heavy atom. The molecule has 0 aliphatic heterocycles. The predicted octanol–water partition coefficient (Wildman–Crippen LogP) is 2.30. The second-order valence-corrected chi connectivity index (χ2v) is 6.00. The molecule has 2 aliphatic rings. The van der Waals surface area contributed by atoms with Crippen LogP contribution in [0, 0.1) is 17.8 Å². The number of rotatable bonds is 5. The van der Waals surface area contributed by atoms with Gasteiger partial charge in [-0.2, -0.15) is 0 Å². The first kappa shape index (κ1) is 11.3. The lowest BCUT2D eigenvalue weighted by molar-refractivity contribution is 0.303. The minimum absolute atomic E-state index is 0.545. The summed E-state index contributed by atoms with van der Waals surface area (Å²) in [7, 11) is 0. The average Bonchev–Trinajstić information content (AvgIpc) is 3.02. The SMILES string of the molecule is CC(Cn1ccnc1)NCC1CC2CCC1C2. The topological polar surface area (TPSA) is 29.9 Å². The van der Waals surface area contributed by atoms with Crippen LogP contribution < -0.4 is 5.32 Å². The summed E-state index contributed by atoms with van der Waals surface area (Å²) < 4.78 is 2.15. The van der Waals surface area contributed by atoms with E-state index in [2.05, 4.69) is 21.8 Å². The van der Waals surface area contributed by atoms with Gasteiger partial charge >= 0.3 is 0 Å². The summed E-state index contributed by atoms with van der Waals surface area (Å²) in [5.74, 6) is 3.06. The van der Waals surface area contributed by atoms with Crippen LogP contribution in [0.2, 0.25) is 0 Å². The Hall–Kier alpha value is -0.830. The molecule has 2 aliphatic carbocycles. The van der Waals surface area contributed by atoms with E-state index < -0.39 is 0 Å². The van der Waals surface area contributed by atoms with Gasteiger partial charge in [0.15, 0.2) is 0 Å². The van der Waals surface area contributed by atoms with E-state index in [1.807, 2.05) is 18.7 Å². The highest BCUT2D eigenvalue weighted by Crippen LogP contribution is 2.47. The lowest BCUT2D eigenvalue weighted by Gasteiger charge is -2.24. The minimum Gasteiger partial charge on any atom is -0.336 e. The summed E-state index contributed by atoms with van der Waals surface area (Å²) in [4.78, 5) is 4.08. The molecule has 3 heteroatoms. The molecule has 1 N–H and O–H groups in total. The normalized spacial score (nSPS) is 33.1. The molecule has 2 bridgehead atoms. The van der Waals surface area contributed by atoms with E-state index in [-0.39, 0.29) is 0 Å². The van der Waals surface area contributed by atoms with Gasteiger partial charge in [-0.25, -0.2) is 4.98 Å². The summed E-state index contributed by atoms with van der Waals surface area (Å²) in [6, 6.07) is 0.545. The maximum atomic E-state index is 4.08. The Morgan fingerprint density at radius 1 is 1.41 bits per heavy atom. The largest absolute Gasteiger partial charge is 0.336 e. The maximum absolute atomic E-state index is 4.08. The third-order valence-electron chi connectivity index (χ3n) is 4.66. The van der Waals surface area contributed by atoms with Crippen LogP contribution in [0.5, 0.6) is 0 Å². The zero-order valence-corrected chi connectivity index (χ0v) is 10.7. The highest BCUT2D eigenvalue weighted by Gasteiger charge is 2.38. The number of fused-ring (bicyclic) bond motifs is 2. The standard InChI is InChI=1S/C14H23N3/c1-11(9-17-5-4-15-10-17)16-8-14-7-12-2-3-13(14)6-12/h4-5,10-14,16H,2-3,6-9H2,1H3. The molecule has 3 nitrogen and oxygen atoms in total. The minimum atomic E-state index is 0.545. The van der Waals surface area contributed by atoms with Gasteiger partial charge < -0.3 is 9.88 Å². The van der Waals surface area contributed by atoms with Crippen LogP contribution in [0.1, 0.15) is 32.6 Å². The second-order valence-electron chi connectivity index (χ2n) is 6.00. The summed E-state index contributed by atoms with van der Waals surface area (Å²) in [6.45, 7) is 4.52. The molecule has 0 aromatic carbocycles. The van der Waals surface area contributed by atoms with E-state index in [9.17, 15) is 0 Å². The lowest BCUT2D eigenvalue weighted by Crippen LogP contribution is -2.35. The first-order chi connectivity index (χ1) is 8.31. The van der Waals surface area contributed by atoms with Crippen molar-refractivity contribution in [1.29, 1.82) is 0 Å². The van der Waals surface area contributed by atoms with Crippen molar-refractivity contribution in [1.82, 2.24) is 14.9 Å². The summed E-state index contributed by atoms with van der Waals surface area (Å²) in [5.41, 5.74) is 0. The molecule has 1 aromatic heterocycles. The molecule has 3 rings (SSSR count). The first-order valence-corrected chi connectivity index (χ1v) is 7.00. The Morgan fingerprint density at radius 2 is 2.35 bits per heavy atom. The van der Waals surface area contributed by atoms with Crippen LogP contribution in [-0.2, 0) is 6.54 Å². The van der Waals surface area contributed by atoms with E-state index in [4.69, 9.17) is 0 Å². The number of hydrogen-bond acceptors (Lipinski definition) is 2. The van der Waals surface area contributed by atoms with Crippen molar-refractivity contribution in [3.8, 4) is 0 Å². The fraction of sp³-hybridized carbons (Fsp3) is 0.786. The molecule has 94 valence electrons. The third-order valence-corrected chi connectivity index (χ3v) is 4.66. The molecule has 2 saturated carbocycles. The van der Waals surface area contributed by atoms with E-state index in [0.29, 0.717) is 6.04 Å². The molecule has 0 radical (unpaired) electrons. The van der Waals surface area contributed by atoms with Crippen molar-refractivity contribution in [2.45, 2.75) is 45.2 Å².